The number of anilines is 1. The van der Waals surface area contributed by atoms with Gasteiger partial charge in [0.1, 0.15) is 5.75 Å². The fourth-order valence-electron chi connectivity index (χ4n) is 2.00. The highest BCUT2D eigenvalue weighted by molar-refractivity contribution is 9.10. The molecule has 1 aromatic heterocycles. The molecule has 5 heteroatoms. The number of amides is 1. The molecule has 0 saturated heterocycles. The zero-order chi connectivity index (χ0) is 14.7. The van der Waals surface area contributed by atoms with E-state index in [9.17, 15) is 9.90 Å². The molecule has 0 aliphatic carbocycles. The van der Waals surface area contributed by atoms with Gasteiger partial charge in [-0.15, -0.1) is 0 Å². The number of aromatic hydroxyl groups is 1. The smallest absolute Gasteiger partial charge is 0.259 e. The van der Waals surface area contributed by atoms with E-state index in [0.29, 0.717) is 17.8 Å². The highest BCUT2D eigenvalue weighted by atomic mass is 79.9. The number of hydrogen-bond acceptors (Lipinski definition) is 3. The van der Waals surface area contributed by atoms with Crippen molar-refractivity contribution in [2.45, 2.75) is 13.8 Å². The van der Waals surface area contributed by atoms with Crippen molar-refractivity contribution in [3.8, 4) is 5.75 Å². The van der Waals surface area contributed by atoms with Crippen LogP contribution in [0.5, 0.6) is 5.75 Å². The second kappa shape index (κ2) is 6.05. The predicted octanol–water partition coefficient (Wildman–Crippen LogP) is 3.52. The number of pyridine rings is 1. The number of aromatic nitrogens is 1. The normalized spacial score (nSPS) is 10.3. The topological polar surface area (TPSA) is 53.4 Å². The van der Waals surface area contributed by atoms with Crippen LogP contribution in [0.25, 0.3) is 0 Å². The van der Waals surface area contributed by atoms with Crippen LogP contribution in [0, 0.1) is 6.92 Å². The minimum atomic E-state index is -0.144. The van der Waals surface area contributed by atoms with Gasteiger partial charge in [-0.3, -0.25) is 9.78 Å². The van der Waals surface area contributed by atoms with E-state index in [1.807, 2.05) is 13.8 Å². The first kappa shape index (κ1) is 14.5. The molecule has 0 bridgehead atoms. The monoisotopic (exact) mass is 334 g/mol. The van der Waals surface area contributed by atoms with Crippen molar-refractivity contribution in [1.29, 1.82) is 0 Å². The maximum atomic E-state index is 12.6. The van der Waals surface area contributed by atoms with Gasteiger partial charge in [-0.2, -0.15) is 0 Å². The van der Waals surface area contributed by atoms with Crippen molar-refractivity contribution in [2.75, 3.05) is 11.4 Å². The predicted molar refractivity (Wildman–Crippen MR) is 82.1 cm³/mol. The Morgan fingerprint density at radius 2 is 2.10 bits per heavy atom. The largest absolute Gasteiger partial charge is 0.508 e. The van der Waals surface area contributed by atoms with Crippen molar-refractivity contribution in [3.63, 3.8) is 0 Å². The zero-order valence-electron chi connectivity index (χ0n) is 11.3. The molecular formula is C15H15BrN2O2. The van der Waals surface area contributed by atoms with Crippen LogP contribution in [-0.4, -0.2) is 22.5 Å². The molecule has 0 spiro atoms. The summed E-state index contributed by atoms with van der Waals surface area (Å²) < 4.78 is 0.757. The number of carbonyl (C=O) groups is 1. The summed E-state index contributed by atoms with van der Waals surface area (Å²) in [4.78, 5) is 18.2. The molecule has 0 unspecified atom stereocenters. The van der Waals surface area contributed by atoms with Crippen molar-refractivity contribution >= 4 is 27.5 Å². The molecule has 1 aromatic carbocycles. The Balaban J connectivity index is 2.42. The van der Waals surface area contributed by atoms with E-state index in [1.54, 1.807) is 35.4 Å². The Labute approximate surface area is 126 Å². The van der Waals surface area contributed by atoms with E-state index in [1.165, 1.54) is 6.20 Å². The van der Waals surface area contributed by atoms with E-state index in [-0.39, 0.29) is 11.7 Å². The summed E-state index contributed by atoms with van der Waals surface area (Å²) in [5, 5.41) is 9.62. The summed E-state index contributed by atoms with van der Waals surface area (Å²) in [6.07, 6.45) is 3.17. The number of phenols is 1. The van der Waals surface area contributed by atoms with E-state index < -0.39 is 0 Å². The lowest BCUT2D eigenvalue weighted by Crippen LogP contribution is -2.31. The highest BCUT2D eigenvalue weighted by Gasteiger charge is 2.18. The van der Waals surface area contributed by atoms with Gasteiger partial charge < -0.3 is 10.0 Å². The summed E-state index contributed by atoms with van der Waals surface area (Å²) in [5.74, 6) is -0.000725. The Morgan fingerprint density at radius 3 is 2.75 bits per heavy atom. The summed E-state index contributed by atoms with van der Waals surface area (Å²) >= 11 is 3.31. The van der Waals surface area contributed by atoms with Gasteiger partial charge in [-0.25, -0.2) is 0 Å². The van der Waals surface area contributed by atoms with Gasteiger partial charge in [0.05, 0.1) is 11.3 Å². The lowest BCUT2D eigenvalue weighted by molar-refractivity contribution is 0.0987. The van der Waals surface area contributed by atoms with Crippen LogP contribution in [0.2, 0.25) is 0 Å². The number of rotatable bonds is 3. The Morgan fingerprint density at radius 1 is 1.35 bits per heavy atom. The number of hydrogen-bond donors (Lipinski definition) is 1. The molecule has 1 N–H and O–H groups in total. The van der Waals surface area contributed by atoms with Gasteiger partial charge in [0.2, 0.25) is 0 Å². The zero-order valence-corrected chi connectivity index (χ0v) is 12.9. The lowest BCUT2D eigenvalue weighted by Gasteiger charge is -2.23. The first-order valence-electron chi connectivity index (χ1n) is 6.25. The SMILES string of the molecule is CCN(C(=O)c1cncc(Br)c1)c1cc(O)ccc1C. The minimum absolute atomic E-state index is 0.143. The van der Waals surface area contributed by atoms with E-state index in [0.717, 1.165) is 10.0 Å². The summed E-state index contributed by atoms with van der Waals surface area (Å²) in [7, 11) is 0. The second-order valence-corrected chi connectivity index (χ2v) is 5.33. The molecule has 0 saturated carbocycles. The standard InChI is InChI=1S/C15H15BrN2O2/c1-3-18(14-7-13(19)5-4-10(14)2)15(20)11-6-12(16)9-17-8-11/h4-9,19H,3H2,1-2H3. The van der Waals surface area contributed by atoms with E-state index in [4.69, 9.17) is 0 Å². The van der Waals surface area contributed by atoms with Gasteiger partial charge in [0.15, 0.2) is 0 Å². The molecule has 4 nitrogen and oxygen atoms in total. The first-order valence-corrected chi connectivity index (χ1v) is 7.04. The third-order valence-corrected chi connectivity index (χ3v) is 3.43. The van der Waals surface area contributed by atoms with Crippen LogP contribution in [0.1, 0.15) is 22.8 Å². The molecule has 0 aliphatic rings. The molecule has 2 rings (SSSR count). The maximum absolute atomic E-state index is 12.6. The third kappa shape index (κ3) is 2.99. The number of aryl methyl sites for hydroxylation is 1. The van der Waals surface area contributed by atoms with Gasteiger partial charge in [0.25, 0.3) is 5.91 Å². The van der Waals surface area contributed by atoms with Gasteiger partial charge in [-0.1, -0.05) is 6.07 Å². The fraction of sp³-hybridized carbons (Fsp3) is 0.200. The Bertz CT molecular complexity index is 644. The van der Waals surface area contributed by atoms with Crippen LogP contribution in [0.15, 0.2) is 41.1 Å². The average molecular weight is 335 g/mol. The molecule has 1 amide bonds. The Kier molecular flexibility index (Phi) is 4.39. The summed E-state index contributed by atoms with van der Waals surface area (Å²) in [5.41, 5.74) is 2.14. The van der Waals surface area contributed by atoms with Gasteiger partial charge in [0, 0.05) is 29.5 Å². The quantitative estimate of drug-likeness (QED) is 0.934. The van der Waals surface area contributed by atoms with Crippen LogP contribution < -0.4 is 4.90 Å². The maximum Gasteiger partial charge on any atom is 0.259 e. The van der Waals surface area contributed by atoms with Gasteiger partial charge >= 0.3 is 0 Å². The minimum Gasteiger partial charge on any atom is -0.508 e. The van der Waals surface area contributed by atoms with Crippen LogP contribution in [0.4, 0.5) is 5.69 Å². The van der Waals surface area contributed by atoms with E-state index in [2.05, 4.69) is 20.9 Å². The Hall–Kier alpha value is -1.88. The lowest BCUT2D eigenvalue weighted by atomic mass is 10.1. The molecule has 1 heterocycles. The van der Waals surface area contributed by atoms with Crippen molar-refractivity contribution in [3.05, 3.63) is 52.3 Å². The fourth-order valence-corrected chi connectivity index (χ4v) is 2.36. The molecule has 20 heavy (non-hydrogen) atoms. The highest BCUT2D eigenvalue weighted by Crippen LogP contribution is 2.26. The molecule has 0 atom stereocenters. The molecule has 0 aliphatic heterocycles. The summed E-state index contributed by atoms with van der Waals surface area (Å²) in [6, 6.07) is 6.73. The van der Waals surface area contributed by atoms with Crippen LogP contribution >= 0.6 is 15.9 Å². The molecule has 104 valence electrons. The number of phenolic OH excluding ortho intramolecular Hbond substituents is 1. The molecule has 2 aromatic rings. The molecule has 0 fully saturated rings. The van der Waals surface area contributed by atoms with Crippen molar-refractivity contribution in [2.24, 2.45) is 0 Å². The van der Waals surface area contributed by atoms with E-state index >= 15 is 0 Å². The van der Waals surface area contributed by atoms with Crippen LogP contribution in [0.3, 0.4) is 0 Å². The average Bonchev–Trinajstić information content (AvgIpc) is 2.43. The third-order valence-electron chi connectivity index (χ3n) is 3.00. The first-order chi connectivity index (χ1) is 9.52. The van der Waals surface area contributed by atoms with Gasteiger partial charge in [-0.05, 0) is 47.5 Å². The second-order valence-electron chi connectivity index (χ2n) is 4.41. The van der Waals surface area contributed by atoms with Crippen molar-refractivity contribution < 1.29 is 9.90 Å². The molecular weight excluding hydrogens is 320 g/mol. The number of halogens is 1. The molecule has 0 radical (unpaired) electrons. The number of nitrogens with zero attached hydrogens (tertiary/aromatic N) is 2. The van der Waals surface area contributed by atoms with Crippen molar-refractivity contribution in [1.82, 2.24) is 4.98 Å². The number of benzene rings is 1. The van der Waals surface area contributed by atoms with Crippen LogP contribution in [-0.2, 0) is 0 Å². The summed E-state index contributed by atoms with van der Waals surface area (Å²) in [6.45, 7) is 4.31. The number of carbonyl (C=O) groups excluding carboxylic acids is 1.